The second-order valence-corrected chi connectivity index (χ2v) is 4.13. The lowest BCUT2D eigenvalue weighted by Crippen LogP contribution is -2.18. The highest BCUT2D eigenvalue weighted by molar-refractivity contribution is 5.32. The molecule has 1 aliphatic heterocycles. The van der Waals surface area contributed by atoms with Crippen molar-refractivity contribution in [3.8, 4) is 0 Å². The van der Waals surface area contributed by atoms with Gasteiger partial charge in [-0.15, -0.1) is 0 Å². The van der Waals surface area contributed by atoms with Gasteiger partial charge in [0, 0.05) is 12.7 Å². The molecule has 1 aromatic heterocycles. The molecule has 2 unspecified atom stereocenters. The molecule has 2 aliphatic rings. The van der Waals surface area contributed by atoms with E-state index in [0.717, 1.165) is 30.1 Å². The van der Waals surface area contributed by atoms with Crippen LogP contribution in [0.5, 0.6) is 0 Å². The number of fused-ring (bicyclic) bond motifs is 1. The first kappa shape index (κ1) is 8.17. The smallest absolute Gasteiger partial charge is 0.129 e. The average Bonchev–Trinajstić information content (AvgIpc) is 2.69. The minimum absolute atomic E-state index is 0.867. The number of hydrogen-bond donors (Lipinski definition) is 2. The van der Waals surface area contributed by atoms with Crippen LogP contribution in [0.3, 0.4) is 0 Å². The highest BCUT2D eigenvalue weighted by Gasteiger charge is 2.52. The maximum absolute atomic E-state index is 4.13. The zero-order chi connectivity index (χ0) is 9.38. The predicted molar refractivity (Wildman–Crippen MR) is 53.9 cm³/mol. The van der Waals surface area contributed by atoms with E-state index in [1.54, 1.807) is 12.5 Å². The molecule has 2 heterocycles. The van der Waals surface area contributed by atoms with Crippen LogP contribution in [0.25, 0.3) is 0 Å². The van der Waals surface area contributed by atoms with Gasteiger partial charge in [0.05, 0.1) is 0 Å². The zero-order valence-electron chi connectivity index (χ0n) is 7.98. The summed E-state index contributed by atoms with van der Waals surface area (Å²) < 4.78 is 0. The van der Waals surface area contributed by atoms with E-state index in [9.17, 15) is 0 Å². The van der Waals surface area contributed by atoms with E-state index in [-0.39, 0.29) is 0 Å². The topological polar surface area (TPSA) is 49.8 Å². The van der Waals surface area contributed by atoms with Crippen LogP contribution >= 0.6 is 0 Å². The van der Waals surface area contributed by atoms with Crippen LogP contribution in [0, 0.1) is 17.8 Å². The maximum Gasteiger partial charge on any atom is 0.129 e. The summed E-state index contributed by atoms with van der Waals surface area (Å²) in [5.74, 6) is 3.65. The molecule has 1 saturated carbocycles. The van der Waals surface area contributed by atoms with Crippen molar-refractivity contribution in [1.29, 1.82) is 0 Å². The Morgan fingerprint density at radius 1 is 1.43 bits per heavy atom. The Labute approximate surface area is 83.1 Å². The summed E-state index contributed by atoms with van der Waals surface area (Å²) in [6.07, 6.45) is 3.35. The second kappa shape index (κ2) is 3.20. The van der Waals surface area contributed by atoms with Crippen LogP contribution in [-0.4, -0.2) is 29.6 Å². The first-order valence-electron chi connectivity index (χ1n) is 5.16. The largest absolute Gasteiger partial charge is 0.370 e. The van der Waals surface area contributed by atoms with Gasteiger partial charge in [0.2, 0.25) is 0 Å². The lowest BCUT2D eigenvalue weighted by molar-refractivity contribution is 0.614. The maximum atomic E-state index is 4.13. The molecule has 74 valence electrons. The molecule has 0 bridgehead atoms. The van der Waals surface area contributed by atoms with Crippen molar-refractivity contribution >= 4 is 5.82 Å². The molecule has 1 aliphatic carbocycles. The molecule has 0 spiro atoms. The summed E-state index contributed by atoms with van der Waals surface area (Å²) in [7, 11) is 0. The number of nitrogens with zero attached hydrogens (tertiary/aromatic N) is 2. The minimum atomic E-state index is 0.867. The third-order valence-electron chi connectivity index (χ3n) is 3.37. The highest BCUT2D eigenvalue weighted by atomic mass is 15.0. The van der Waals surface area contributed by atoms with E-state index in [2.05, 4.69) is 20.6 Å². The van der Waals surface area contributed by atoms with Gasteiger partial charge < -0.3 is 10.6 Å². The molecule has 0 amide bonds. The van der Waals surface area contributed by atoms with Crippen molar-refractivity contribution in [3.05, 3.63) is 18.6 Å². The Bertz CT molecular complexity index is 303. The minimum Gasteiger partial charge on any atom is -0.370 e. The molecule has 1 aromatic rings. The van der Waals surface area contributed by atoms with E-state index in [1.165, 1.54) is 13.1 Å². The summed E-state index contributed by atoms with van der Waals surface area (Å²) in [4.78, 5) is 8.02. The number of nitrogens with one attached hydrogen (secondary N) is 2. The van der Waals surface area contributed by atoms with E-state index >= 15 is 0 Å². The molecule has 1 saturated heterocycles. The fourth-order valence-corrected chi connectivity index (χ4v) is 2.47. The highest BCUT2D eigenvalue weighted by Crippen LogP contribution is 2.48. The molecule has 3 rings (SSSR count). The van der Waals surface area contributed by atoms with Crippen LogP contribution < -0.4 is 10.6 Å². The van der Waals surface area contributed by atoms with Crippen LogP contribution in [0.4, 0.5) is 5.82 Å². The molecule has 2 atom stereocenters. The SMILES string of the molecule is c1cc(NCC2C3CNCC32)ncn1. The van der Waals surface area contributed by atoms with Gasteiger partial charge in [0.25, 0.3) is 0 Å². The normalized spacial score (nSPS) is 33.9. The number of hydrogen-bond acceptors (Lipinski definition) is 4. The molecular formula is C10H14N4. The fourth-order valence-electron chi connectivity index (χ4n) is 2.47. The predicted octanol–water partition coefficient (Wildman–Crippen LogP) is 0.354. The number of aromatic nitrogens is 2. The molecule has 14 heavy (non-hydrogen) atoms. The molecule has 4 nitrogen and oxygen atoms in total. The van der Waals surface area contributed by atoms with Gasteiger partial charge in [-0.1, -0.05) is 0 Å². The van der Waals surface area contributed by atoms with E-state index < -0.39 is 0 Å². The number of rotatable bonds is 3. The first-order chi connectivity index (χ1) is 6.95. The molecule has 2 fully saturated rings. The van der Waals surface area contributed by atoms with E-state index in [1.807, 2.05) is 6.07 Å². The third-order valence-corrected chi connectivity index (χ3v) is 3.37. The molecule has 4 heteroatoms. The van der Waals surface area contributed by atoms with E-state index in [0.29, 0.717) is 0 Å². The van der Waals surface area contributed by atoms with Gasteiger partial charge in [0.1, 0.15) is 12.1 Å². The summed E-state index contributed by atoms with van der Waals surface area (Å²) in [6, 6.07) is 1.91. The van der Waals surface area contributed by atoms with Crippen molar-refractivity contribution in [2.45, 2.75) is 0 Å². The number of anilines is 1. The first-order valence-corrected chi connectivity index (χ1v) is 5.16. The van der Waals surface area contributed by atoms with Gasteiger partial charge in [-0.2, -0.15) is 0 Å². The third kappa shape index (κ3) is 1.35. The summed E-state index contributed by atoms with van der Waals surface area (Å²) in [6.45, 7) is 3.48. The Hall–Kier alpha value is -1.16. The average molecular weight is 190 g/mol. The van der Waals surface area contributed by atoms with Gasteiger partial charge >= 0.3 is 0 Å². The van der Waals surface area contributed by atoms with Gasteiger partial charge in [-0.05, 0) is 36.9 Å². The second-order valence-electron chi connectivity index (χ2n) is 4.13. The van der Waals surface area contributed by atoms with Crippen molar-refractivity contribution in [2.75, 3.05) is 25.0 Å². The van der Waals surface area contributed by atoms with Crippen LogP contribution in [-0.2, 0) is 0 Å². The lowest BCUT2D eigenvalue weighted by atomic mass is 10.3. The Morgan fingerprint density at radius 3 is 3.00 bits per heavy atom. The van der Waals surface area contributed by atoms with Crippen LogP contribution in [0.1, 0.15) is 0 Å². The van der Waals surface area contributed by atoms with Gasteiger partial charge in [-0.25, -0.2) is 9.97 Å². The van der Waals surface area contributed by atoms with Gasteiger partial charge in [0.15, 0.2) is 0 Å². The quantitative estimate of drug-likeness (QED) is 0.722. The lowest BCUT2D eigenvalue weighted by Gasteiger charge is -2.06. The van der Waals surface area contributed by atoms with Crippen molar-refractivity contribution in [2.24, 2.45) is 17.8 Å². The molecule has 2 N–H and O–H groups in total. The Morgan fingerprint density at radius 2 is 2.29 bits per heavy atom. The standard InChI is InChI=1S/C10H14N4/c1-2-11-6-14-10(1)13-5-9-7-3-12-4-8(7)9/h1-2,6-9,12H,3-5H2,(H,11,13,14). The van der Waals surface area contributed by atoms with Crippen molar-refractivity contribution in [1.82, 2.24) is 15.3 Å². The molecule has 0 aromatic carbocycles. The Kier molecular flexibility index (Phi) is 1.87. The summed E-state index contributed by atoms with van der Waals surface area (Å²) >= 11 is 0. The van der Waals surface area contributed by atoms with E-state index in [4.69, 9.17) is 0 Å². The number of piperidine rings is 1. The van der Waals surface area contributed by atoms with Crippen molar-refractivity contribution in [3.63, 3.8) is 0 Å². The molecule has 0 radical (unpaired) electrons. The monoisotopic (exact) mass is 190 g/mol. The van der Waals surface area contributed by atoms with Gasteiger partial charge in [-0.3, -0.25) is 0 Å². The van der Waals surface area contributed by atoms with Crippen LogP contribution in [0.15, 0.2) is 18.6 Å². The summed E-state index contributed by atoms with van der Waals surface area (Å²) in [5, 5.41) is 6.75. The van der Waals surface area contributed by atoms with Crippen LogP contribution in [0.2, 0.25) is 0 Å². The summed E-state index contributed by atoms with van der Waals surface area (Å²) in [5.41, 5.74) is 0. The Balaban J connectivity index is 1.52. The van der Waals surface area contributed by atoms with Crippen molar-refractivity contribution < 1.29 is 0 Å². The molecular weight excluding hydrogens is 176 g/mol. The fraction of sp³-hybridized carbons (Fsp3) is 0.600. The zero-order valence-corrected chi connectivity index (χ0v) is 7.98.